The normalized spacial score (nSPS) is 16.5. The Bertz CT molecular complexity index is 1390. The van der Waals surface area contributed by atoms with Crippen molar-refractivity contribution >= 4 is 28.8 Å². The first kappa shape index (κ1) is 28.7. The van der Waals surface area contributed by atoms with Gasteiger partial charge >= 0.3 is 0 Å². The quantitative estimate of drug-likeness (QED) is 0.175. The summed E-state index contributed by atoms with van der Waals surface area (Å²) in [6, 6.07) is 19.4. The minimum Gasteiger partial charge on any atom is -0.507 e. The number of carbonyl (C=O) groups is 2. The van der Waals surface area contributed by atoms with Crippen LogP contribution in [0.15, 0.2) is 72.3 Å². The maximum Gasteiger partial charge on any atom is 0.300 e. The third-order valence-electron chi connectivity index (χ3n) is 7.34. The highest BCUT2D eigenvalue weighted by Gasteiger charge is 2.47. The summed E-state index contributed by atoms with van der Waals surface area (Å²) in [5, 5.41) is 11.6. The Hall–Kier alpha value is -4.26. The predicted molar refractivity (Wildman–Crippen MR) is 159 cm³/mol. The van der Waals surface area contributed by atoms with E-state index in [9.17, 15) is 14.7 Å². The molecule has 1 aliphatic rings. The molecule has 0 aliphatic carbocycles. The number of amides is 1. The van der Waals surface area contributed by atoms with E-state index in [4.69, 9.17) is 9.47 Å². The second kappa shape index (κ2) is 12.3. The summed E-state index contributed by atoms with van der Waals surface area (Å²) in [7, 11) is 1.58. The van der Waals surface area contributed by atoms with Crippen LogP contribution < -0.4 is 19.3 Å². The number of hydrogen-bond donors (Lipinski definition) is 1. The van der Waals surface area contributed by atoms with E-state index >= 15 is 0 Å². The molecule has 7 heteroatoms. The molecule has 1 atom stereocenters. The van der Waals surface area contributed by atoms with E-state index in [1.54, 1.807) is 31.4 Å². The molecule has 1 saturated heterocycles. The van der Waals surface area contributed by atoms with E-state index in [0.717, 1.165) is 30.1 Å². The Morgan fingerprint density at radius 2 is 1.60 bits per heavy atom. The van der Waals surface area contributed by atoms with Gasteiger partial charge in [0, 0.05) is 30.0 Å². The summed E-state index contributed by atoms with van der Waals surface area (Å²) in [6.45, 7) is 12.4. The third-order valence-corrected chi connectivity index (χ3v) is 7.34. The maximum atomic E-state index is 13.6. The maximum absolute atomic E-state index is 13.6. The highest BCUT2D eigenvalue weighted by Crippen LogP contribution is 2.43. The second-order valence-corrected chi connectivity index (χ2v) is 9.97. The van der Waals surface area contributed by atoms with E-state index in [1.807, 2.05) is 63.2 Å². The molecule has 1 N–H and O–H groups in total. The van der Waals surface area contributed by atoms with Gasteiger partial charge in [-0.2, -0.15) is 0 Å². The summed E-state index contributed by atoms with van der Waals surface area (Å²) >= 11 is 0. The van der Waals surface area contributed by atoms with Gasteiger partial charge < -0.3 is 19.5 Å². The predicted octanol–water partition coefficient (Wildman–Crippen LogP) is 6.69. The van der Waals surface area contributed by atoms with Crippen LogP contribution in [0.25, 0.3) is 5.76 Å². The van der Waals surface area contributed by atoms with Crippen LogP contribution in [0.5, 0.6) is 11.5 Å². The zero-order valence-corrected chi connectivity index (χ0v) is 24.1. The molecule has 0 spiro atoms. The van der Waals surface area contributed by atoms with E-state index in [2.05, 4.69) is 18.7 Å². The number of carbonyl (C=O) groups excluding carboxylic acids is 2. The van der Waals surface area contributed by atoms with E-state index in [1.165, 1.54) is 4.90 Å². The van der Waals surface area contributed by atoms with Gasteiger partial charge in [0.05, 0.1) is 25.3 Å². The number of nitrogens with zero attached hydrogens (tertiary/aromatic N) is 2. The molecule has 1 unspecified atom stereocenters. The van der Waals surface area contributed by atoms with Crippen molar-refractivity contribution in [2.75, 3.05) is 36.6 Å². The molecule has 1 amide bonds. The van der Waals surface area contributed by atoms with Crippen LogP contribution >= 0.6 is 0 Å². The fourth-order valence-corrected chi connectivity index (χ4v) is 5.20. The van der Waals surface area contributed by atoms with Crippen molar-refractivity contribution in [2.24, 2.45) is 0 Å². The van der Waals surface area contributed by atoms with Crippen molar-refractivity contribution in [1.29, 1.82) is 0 Å². The first-order valence-corrected chi connectivity index (χ1v) is 13.8. The summed E-state index contributed by atoms with van der Waals surface area (Å²) in [4.78, 5) is 30.9. The molecule has 40 heavy (non-hydrogen) atoms. The number of ketones is 1. The minimum atomic E-state index is -0.820. The van der Waals surface area contributed by atoms with Crippen molar-refractivity contribution in [2.45, 2.75) is 46.6 Å². The fraction of sp³-hybridized carbons (Fsp3) is 0.333. The SMILES string of the molecule is CCOc1ccc(/C(O)=C2/C(=O)C(=O)N(c3ccc(N(CC)CC)cc3)C2c2ccc(OC)cc2)cc1C(C)C. The Balaban J connectivity index is 1.88. The molecule has 1 fully saturated rings. The zero-order valence-electron chi connectivity index (χ0n) is 24.1. The van der Waals surface area contributed by atoms with Gasteiger partial charge in [-0.3, -0.25) is 14.5 Å². The Labute approximate surface area is 236 Å². The standard InChI is InChI=1S/C33H38N2O5/c1-7-34(8-2)24-13-15-25(16-14-24)35-30(22-10-17-26(39-6)18-11-22)29(32(37)33(35)38)31(36)23-12-19-28(40-9-3)27(20-23)21(4)5/h10-21,30,36H,7-9H2,1-6H3/b31-29-. The molecule has 3 aromatic rings. The summed E-state index contributed by atoms with van der Waals surface area (Å²) in [6.07, 6.45) is 0. The number of Topliss-reactive ketones (excluding diaryl/α,β-unsaturated/α-hetero) is 1. The summed E-state index contributed by atoms with van der Waals surface area (Å²) < 4.78 is 11.1. The number of ether oxygens (including phenoxy) is 2. The molecule has 0 aromatic heterocycles. The lowest BCUT2D eigenvalue weighted by atomic mass is 9.93. The summed E-state index contributed by atoms with van der Waals surface area (Å²) in [5.74, 6) is -0.129. The molecule has 7 nitrogen and oxygen atoms in total. The highest BCUT2D eigenvalue weighted by atomic mass is 16.5. The van der Waals surface area contributed by atoms with Gasteiger partial charge in [0.15, 0.2) is 0 Å². The van der Waals surface area contributed by atoms with Crippen molar-refractivity contribution in [3.8, 4) is 11.5 Å². The molecule has 210 valence electrons. The number of anilines is 2. The van der Waals surface area contributed by atoms with E-state index in [-0.39, 0.29) is 17.3 Å². The zero-order chi connectivity index (χ0) is 29.0. The first-order chi connectivity index (χ1) is 19.2. The van der Waals surface area contributed by atoms with Gasteiger partial charge in [-0.25, -0.2) is 0 Å². The van der Waals surface area contributed by atoms with E-state index < -0.39 is 17.7 Å². The summed E-state index contributed by atoms with van der Waals surface area (Å²) in [5.41, 5.74) is 3.70. The van der Waals surface area contributed by atoms with Gasteiger partial charge in [0.2, 0.25) is 0 Å². The van der Waals surface area contributed by atoms with Crippen LogP contribution in [0.3, 0.4) is 0 Å². The molecule has 0 saturated carbocycles. The topological polar surface area (TPSA) is 79.3 Å². The van der Waals surface area contributed by atoms with Crippen molar-refractivity contribution in [1.82, 2.24) is 0 Å². The number of rotatable bonds is 10. The Morgan fingerprint density at radius 1 is 0.950 bits per heavy atom. The van der Waals surface area contributed by atoms with Crippen LogP contribution in [0, 0.1) is 0 Å². The lowest BCUT2D eigenvalue weighted by molar-refractivity contribution is -0.132. The molecule has 1 heterocycles. The van der Waals surface area contributed by atoms with Gasteiger partial charge in [-0.15, -0.1) is 0 Å². The monoisotopic (exact) mass is 542 g/mol. The van der Waals surface area contributed by atoms with Gasteiger partial charge in [0.1, 0.15) is 17.3 Å². The minimum absolute atomic E-state index is 0.0434. The molecular formula is C33H38N2O5. The van der Waals surface area contributed by atoms with Crippen molar-refractivity contribution in [3.05, 3.63) is 89.0 Å². The number of benzene rings is 3. The smallest absolute Gasteiger partial charge is 0.300 e. The van der Waals surface area contributed by atoms with E-state index in [0.29, 0.717) is 29.2 Å². The van der Waals surface area contributed by atoms with Crippen LogP contribution in [0.4, 0.5) is 11.4 Å². The van der Waals surface area contributed by atoms with Gasteiger partial charge in [-0.05, 0) is 92.4 Å². The average Bonchev–Trinajstić information content (AvgIpc) is 3.23. The van der Waals surface area contributed by atoms with Crippen molar-refractivity contribution < 1.29 is 24.2 Å². The number of aliphatic hydroxyl groups is 1. The number of methoxy groups -OCH3 is 1. The Morgan fingerprint density at radius 3 is 2.15 bits per heavy atom. The lowest BCUT2D eigenvalue weighted by Crippen LogP contribution is -2.29. The lowest BCUT2D eigenvalue weighted by Gasteiger charge is -2.27. The highest BCUT2D eigenvalue weighted by molar-refractivity contribution is 6.51. The van der Waals surface area contributed by atoms with Crippen LogP contribution in [0.1, 0.15) is 63.3 Å². The fourth-order valence-electron chi connectivity index (χ4n) is 5.20. The average molecular weight is 543 g/mol. The number of hydrogen-bond acceptors (Lipinski definition) is 6. The van der Waals surface area contributed by atoms with Crippen LogP contribution in [0.2, 0.25) is 0 Å². The molecule has 0 radical (unpaired) electrons. The molecule has 1 aliphatic heterocycles. The Kier molecular flexibility index (Phi) is 8.83. The second-order valence-electron chi connectivity index (χ2n) is 9.97. The van der Waals surface area contributed by atoms with Gasteiger partial charge in [0.25, 0.3) is 11.7 Å². The molecular weight excluding hydrogens is 504 g/mol. The number of aliphatic hydroxyl groups excluding tert-OH is 1. The first-order valence-electron chi connectivity index (χ1n) is 13.8. The molecule has 3 aromatic carbocycles. The third kappa shape index (κ3) is 5.41. The molecule has 4 rings (SSSR count). The molecule has 0 bridgehead atoms. The van der Waals surface area contributed by atoms with Crippen molar-refractivity contribution in [3.63, 3.8) is 0 Å². The largest absolute Gasteiger partial charge is 0.507 e. The van der Waals surface area contributed by atoms with Crippen LogP contribution in [-0.2, 0) is 9.59 Å². The van der Waals surface area contributed by atoms with Gasteiger partial charge in [-0.1, -0.05) is 26.0 Å². The van der Waals surface area contributed by atoms with Crippen LogP contribution in [-0.4, -0.2) is 43.6 Å².